The summed E-state index contributed by atoms with van der Waals surface area (Å²) in [5.41, 5.74) is 1.79. The fourth-order valence-electron chi connectivity index (χ4n) is 6.58. The highest BCUT2D eigenvalue weighted by Crippen LogP contribution is 2.63. The Bertz CT molecular complexity index is 568. The number of hydrogen-bond acceptors (Lipinski definition) is 2. The predicted molar refractivity (Wildman–Crippen MR) is 85.8 cm³/mol. The molecule has 0 aromatic rings. The molecule has 0 heterocycles. The molecule has 0 bridgehead atoms. The normalized spacial score (nSPS) is 46.9. The van der Waals surface area contributed by atoms with E-state index in [0.29, 0.717) is 23.0 Å². The van der Waals surface area contributed by atoms with Crippen LogP contribution in [0.25, 0.3) is 0 Å². The molecule has 4 rings (SSSR count). The van der Waals surface area contributed by atoms with E-state index in [2.05, 4.69) is 12.9 Å². The highest BCUT2D eigenvalue weighted by Gasteiger charge is 2.55. The minimum Gasteiger partial charge on any atom is -0.295 e. The SMILES string of the molecule is C[C@]12CC[C@H]3[C@@H](CCC4=CC(=O)CC[C@@H]43)[C@@H]1CC[C@H]2C=C=O. The largest absolute Gasteiger partial charge is 0.295 e. The van der Waals surface area contributed by atoms with Crippen molar-refractivity contribution >= 4 is 11.7 Å². The number of rotatable bonds is 1. The number of carbonyl (C=O) groups is 1. The van der Waals surface area contributed by atoms with Crippen molar-refractivity contribution < 1.29 is 9.59 Å². The second-order valence-corrected chi connectivity index (χ2v) is 8.32. The molecule has 6 atom stereocenters. The summed E-state index contributed by atoms with van der Waals surface area (Å²) in [7, 11) is 0. The maximum atomic E-state index is 11.7. The monoisotopic (exact) mass is 298 g/mol. The molecule has 0 N–H and O–H groups in total. The van der Waals surface area contributed by atoms with Crippen LogP contribution in [0, 0.1) is 35.0 Å². The molecule has 0 saturated heterocycles. The van der Waals surface area contributed by atoms with Crippen molar-refractivity contribution in [2.75, 3.05) is 0 Å². The second-order valence-electron chi connectivity index (χ2n) is 8.32. The van der Waals surface area contributed by atoms with Gasteiger partial charge >= 0.3 is 0 Å². The van der Waals surface area contributed by atoms with Gasteiger partial charge in [0, 0.05) is 12.5 Å². The summed E-state index contributed by atoms with van der Waals surface area (Å²) >= 11 is 0. The Morgan fingerprint density at radius 1 is 1.14 bits per heavy atom. The van der Waals surface area contributed by atoms with Gasteiger partial charge in [-0.05, 0) is 86.0 Å². The van der Waals surface area contributed by atoms with E-state index < -0.39 is 0 Å². The third-order valence-electron chi connectivity index (χ3n) is 7.64. The van der Waals surface area contributed by atoms with E-state index >= 15 is 0 Å². The molecule has 0 aromatic heterocycles. The number of carbonyl (C=O) groups excluding carboxylic acids is 2. The van der Waals surface area contributed by atoms with Gasteiger partial charge in [-0.3, -0.25) is 4.79 Å². The molecule has 0 aliphatic heterocycles. The lowest BCUT2D eigenvalue weighted by molar-refractivity contribution is -0.116. The van der Waals surface area contributed by atoms with Crippen LogP contribution in [0.5, 0.6) is 0 Å². The highest BCUT2D eigenvalue weighted by atomic mass is 16.1. The molecule has 2 heteroatoms. The lowest BCUT2D eigenvalue weighted by Gasteiger charge is -2.53. The van der Waals surface area contributed by atoms with E-state index in [1.165, 1.54) is 37.7 Å². The molecule has 0 aromatic carbocycles. The molecule has 4 aliphatic carbocycles. The third-order valence-corrected chi connectivity index (χ3v) is 7.64. The van der Waals surface area contributed by atoms with Crippen molar-refractivity contribution in [1.82, 2.24) is 0 Å². The van der Waals surface area contributed by atoms with E-state index in [9.17, 15) is 9.59 Å². The molecular formula is C20H26O2. The molecule has 0 amide bonds. The molecule has 3 fully saturated rings. The Hall–Kier alpha value is -1.14. The Labute approximate surface area is 133 Å². The maximum absolute atomic E-state index is 11.7. The fourth-order valence-corrected chi connectivity index (χ4v) is 6.58. The average molecular weight is 298 g/mol. The van der Waals surface area contributed by atoms with Crippen LogP contribution in [0.15, 0.2) is 17.7 Å². The zero-order valence-electron chi connectivity index (χ0n) is 13.5. The molecular weight excluding hydrogens is 272 g/mol. The Morgan fingerprint density at radius 2 is 2.00 bits per heavy atom. The third kappa shape index (κ3) is 2.00. The first kappa shape index (κ1) is 14.5. The fraction of sp³-hybridized carbons (Fsp3) is 0.750. The van der Waals surface area contributed by atoms with Crippen LogP contribution in [0.4, 0.5) is 0 Å². The number of allylic oxidation sites excluding steroid dienone is 2. The first-order valence-electron chi connectivity index (χ1n) is 9.08. The second kappa shape index (κ2) is 5.20. The summed E-state index contributed by atoms with van der Waals surface area (Å²) in [6, 6.07) is 0. The summed E-state index contributed by atoms with van der Waals surface area (Å²) < 4.78 is 0. The molecule has 0 unspecified atom stereocenters. The van der Waals surface area contributed by atoms with Crippen molar-refractivity contribution in [3.8, 4) is 0 Å². The van der Waals surface area contributed by atoms with Crippen LogP contribution in [0.1, 0.15) is 58.3 Å². The van der Waals surface area contributed by atoms with E-state index in [1.807, 2.05) is 12.2 Å². The van der Waals surface area contributed by atoms with Gasteiger partial charge in [-0.1, -0.05) is 12.5 Å². The standard InChI is InChI=1S/C20H26O2/c1-20-10-8-17-16-6-4-15(22)12-13(16)2-5-18(17)19(20)7-3-14(20)9-11-21/h9,12,14,16-19H,2-8,10H2,1H3/t14-,16-,17+,18+,19-,20+/m0/s1. The Balaban J connectivity index is 1.62. The summed E-state index contributed by atoms with van der Waals surface area (Å²) in [5, 5.41) is 0. The van der Waals surface area contributed by atoms with E-state index in [-0.39, 0.29) is 0 Å². The first-order valence-corrected chi connectivity index (χ1v) is 9.08. The van der Waals surface area contributed by atoms with Crippen LogP contribution in [0.3, 0.4) is 0 Å². The van der Waals surface area contributed by atoms with Gasteiger partial charge in [-0.15, -0.1) is 0 Å². The van der Waals surface area contributed by atoms with Gasteiger partial charge in [0.2, 0.25) is 0 Å². The Kier molecular flexibility index (Phi) is 3.42. The predicted octanol–water partition coefficient (Wildman–Crippen LogP) is 4.13. The lowest BCUT2D eigenvalue weighted by atomic mass is 9.51. The summed E-state index contributed by atoms with van der Waals surface area (Å²) in [6.07, 6.45) is 13.0. The van der Waals surface area contributed by atoms with Gasteiger partial charge in [0.15, 0.2) is 5.78 Å². The molecule has 3 saturated carbocycles. The van der Waals surface area contributed by atoms with Gasteiger partial charge in [0.05, 0.1) is 0 Å². The van der Waals surface area contributed by atoms with Crippen molar-refractivity contribution in [1.29, 1.82) is 0 Å². The Morgan fingerprint density at radius 3 is 2.82 bits per heavy atom. The number of ketones is 1. The molecule has 2 nitrogen and oxygen atoms in total. The number of fused-ring (bicyclic) bond motifs is 5. The van der Waals surface area contributed by atoms with Crippen LogP contribution in [-0.2, 0) is 9.59 Å². The van der Waals surface area contributed by atoms with Crippen molar-refractivity contribution in [3.63, 3.8) is 0 Å². The quantitative estimate of drug-likeness (QED) is 0.682. The first-order chi connectivity index (χ1) is 10.6. The molecule has 0 radical (unpaired) electrons. The smallest absolute Gasteiger partial charge is 0.155 e. The summed E-state index contributed by atoms with van der Waals surface area (Å²) in [4.78, 5) is 22.6. The number of hydrogen-bond donors (Lipinski definition) is 0. The van der Waals surface area contributed by atoms with Gasteiger partial charge in [-0.2, -0.15) is 0 Å². The van der Waals surface area contributed by atoms with E-state index in [4.69, 9.17) is 0 Å². The van der Waals surface area contributed by atoms with Gasteiger partial charge in [0.1, 0.15) is 5.94 Å². The molecule has 118 valence electrons. The van der Waals surface area contributed by atoms with Crippen LogP contribution >= 0.6 is 0 Å². The van der Waals surface area contributed by atoms with Crippen LogP contribution < -0.4 is 0 Å². The summed E-state index contributed by atoms with van der Waals surface area (Å²) in [6.45, 7) is 2.43. The topological polar surface area (TPSA) is 34.1 Å². The van der Waals surface area contributed by atoms with E-state index in [1.54, 1.807) is 0 Å². The zero-order valence-corrected chi connectivity index (χ0v) is 13.5. The van der Waals surface area contributed by atoms with Gasteiger partial charge < -0.3 is 0 Å². The summed E-state index contributed by atoms with van der Waals surface area (Å²) in [5.74, 6) is 5.94. The molecule has 0 spiro atoms. The average Bonchev–Trinajstić information content (AvgIpc) is 2.84. The van der Waals surface area contributed by atoms with Crippen LogP contribution in [0.2, 0.25) is 0 Å². The van der Waals surface area contributed by atoms with Gasteiger partial charge in [-0.25, -0.2) is 4.79 Å². The minimum absolute atomic E-state index is 0.324. The van der Waals surface area contributed by atoms with Gasteiger partial charge in [0.25, 0.3) is 0 Å². The lowest BCUT2D eigenvalue weighted by Crippen LogP contribution is -2.46. The van der Waals surface area contributed by atoms with Crippen molar-refractivity contribution in [3.05, 3.63) is 17.7 Å². The van der Waals surface area contributed by atoms with E-state index in [0.717, 1.165) is 37.0 Å². The zero-order chi connectivity index (χ0) is 15.3. The molecule has 4 aliphatic rings. The van der Waals surface area contributed by atoms with Crippen LogP contribution in [-0.4, -0.2) is 11.7 Å². The van der Waals surface area contributed by atoms with Crippen molar-refractivity contribution in [2.45, 2.75) is 58.3 Å². The van der Waals surface area contributed by atoms with Crippen molar-refractivity contribution in [2.24, 2.45) is 35.0 Å². The maximum Gasteiger partial charge on any atom is 0.155 e. The highest BCUT2D eigenvalue weighted by molar-refractivity contribution is 5.91. The molecule has 22 heavy (non-hydrogen) atoms. The minimum atomic E-state index is 0.324.